The normalized spacial score (nSPS) is 31.7. The van der Waals surface area contributed by atoms with Gasteiger partial charge in [0.1, 0.15) is 0 Å². The Morgan fingerprint density at radius 3 is 2.71 bits per heavy atom. The predicted molar refractivity (Wildman–Crippen MR) is 27.9 cm³/mol. The summed E-state index contributed by atoms with van der Waals surface area (Å²) in [4.78, 5) is 0. The molecular formula is C4H9BO2. The molecule has 1 heterocycles. The van der Waals surface area contributed by atoms with Crippen LogP contribution < -0.4 is 0 Å². The summed E-state index contributed by atoms with van der Waals surface area (Å²) in [5.41, 5.74) is 0. The highest BCUT2D eigenvalue weighted by Gasteiger charge is 2.24. The van der Waals surface area contributed by atoms with Crippen molar-refractivity contribution in [2.45, 2.75) is 13.2 Å². The number of rotatable bonds is 0. The summed E-state index contributed by atoms with van der Waals surface area (Å²) in [5, 5.41) is 8.68. The fraction of sp³-hybridized carbons (Fsp3) is 1.00. The van der Waals surface area contributed by atoms with E-state index in [0.717, 1.165) is 12.9 Å². The van der Waals surface area contributed by atoms with Crippen LogP contribution in [-0.4, -0.2) is 18.7 Å². The topological polar surface area (TPSA) is 29.5 Å². The molecule has 3 heteroatoms. The molecule has 0 aromatic rings. The van der Waals surface area contributed by atoms with E-state index in [1.807, 2.05) is 0 Å². The Bertz CT molecular complexity index is 58.7. The van der Waals surface area contributed by atoms with Gasteiger partial charge < -0.3 is 9.68 Å². The minimum absolute atomic E-state index is 0.477. The molecule has 1 saturated heterocycles. The highest BCUT2D eigenvalue weighted by Crippen LogP contribution is 2.13. The van der Waals surface area contributed by atoms with Crippen molar-refractivity contribution >= 4 is 7.12 Å². The van der Waals surface area contributed by atoms with Crippen LogP contribution >= 0.6 is 0 Å². The first kappa shape index (κ1) is 5.13. The Balaban J connectivity index is 2.26. The van der Waals surface area contributed by atoms with Crippen molar-refractivity contribution in [1.29, 1.82) is 0 Å². The van der Waals surface area contributed by atoms with Gasteiger partial charge in [0.15, 0.2) is 0 Å². The van der Waals surface area contributed by atoms with Gasteiger partial charge in [0, 0.05) is 6.61 Å². The summed E-state index contributed by atoms with van der Waals surface area (Å²) in [6.45, 7) is 2.79. The molecule has 0 saturated carbocycles. The Hall–Kier alpha value is -0.0151. The Morgan fingerprint density at radius 2 is 2.57 bits per heavy atom. The van der Waals surface area contributed by atoms with E-state index in [9.17, 15) is 0 Å². The van der Waals surface area contributed by atoms with Gasteiger partial charge in [-0.15, -0.1) is 0 Å². The van der Waals surface area contributed by atoms with Gasteiger partial charge >= 0.3 is 7.12 Å². The van der Waals surface area contributed by atoms with E-state index >= 15 is 0 Å². The van der Waals surface area contributed by atoms with Gasteiger partial charge in [-0.1, -0.05) is 6.92 Å². The SMILES string of the molecule is C[C@H]1COB(O)C1. The maximum Gasteiger partial charge on any atom is 0.454 e. The van der Waals surface area contributed by atoms with E-state index in [1.54, 1.807) is 0 Å². The monoisotopic (exact) mass is 100 g/mol. The molecule has 0 radical (unpaired) electrons. The molecule has 0 bridgehead atoms. The van der Waals surface area contributed by atoms with Crippen LogP contribution in [0.2, 0.25) is 6.32 Å². The smallest absolute Gasteiger partial charge is 0.427 e. The molecule has 0 aromatic carbocycles. The average Bonchev–Trinajstić information content (AvgIpc) is 1.87. The molecule has 1 N–H and O–H groups in total. The van der Waals surface area contributed by atoms with Gasteiger partial charge in [-0.25, -0.2) is 0 Å². The van der Waals surface area contributed by atoms with E-state index in [-0.39, 0.29) is 0 Å². The highest BCUT2D eigenvalue weighted by atomic mass is 16.5. The van der Waals surface area contributed by atoms with Gasteiger partial charge in [0.05, 0.1) is 0 Å². The van der Waals surface area contributed by atoms with E-state index in [2.05, 4.69) is 6.92 Å². The summed E-state index contributed by atoms with van der Waals surface area (Å²) < 4.78 is 4.82. The van der Waals surface area contributed by atoms with Gasteiger partial charge in [-0.3, -0.25) is 0 Å². The Kier molecular flexibility index (Phi) is 1.35. The summed E-state index contributed by atoms with van der Waals surface area (Å²) in [5.74, 6) is 0.551. The number of hydrogen-bond acceptors (Lipinski definition) is 2. The lowest BCUT2D eigenvalue weighted by Gasteiger charge is -1.90. The van der Waals surface area contributed by atoms with Crippen molar-refractivity contribution in [2.75, 3.05) is 6.61 Å². The summed E-state index contributed by atoms with van der Waals surface area (Å²) in [6, 6.07) is 0. The lowest BCUT2D eigenvalue weighted by molar-refractivity contribution is 0.280. The zero-order valence-electron chi connectivity index (χ0n) is 4.42. The summed E-state index contributed by atoms with van der Waals surface area (Å²) >= 11 is 0. The molecule has 0 amide bonds. The lowest BCUT2D eigenvalue weighted by atomic mass is 9.83. The van der Waals surface area contributed by atoms with E-state index in [0.29, 0.717) is 5.92 Å². The van der Waals surface area contributed by atoms with Gasteiger partial charge in [0.2, 0.25) is 0 Å². The molecule has 40 valence electrons. The first-order valence-electron chi connectivity index (χ1n) is 2.58. The number of hydrogen-bond donors (Lipinski definition) is 1. The fourth-order valence-electron chi connectivity index (χ4n) is 0.756. The van der Waals surface area contributed by atoms with Crippen LogP contribution in [-0.2, 0) is 4.65 Å². The van der Waals surface area contributed by atoms with Crippen molar-refractivity contribution in [3.8, 4) is 0 Å². The first-order valence-corrected chi connectivity index (χ1v) is 2.58. The Labute approximate surface area is 43.6 Å². The molecule has 2 nitrogen and oxygen atoms in total. The van der Waals surface area contributed by atoms with Gasteiger partial charge in [0.25, 0.3) is 0 Å². The van der Waals surface area contributed by atoms with Crippen LogP contribution in [0.3, 0.4) is 0 Å². The molecule has 0 aromatic heterocycles. The third-order valence-electron chi connectivity index (χ3n) is 1.18. The maximum atomic E-state index is 8.68. The quantitative estimate of drug-likeness (QED) is 0.438. The van der Waals surface area contributed by atoms with E-state index < -0.39 is 7.12 Å². The van der Waals surface area contributed by atoms with Crippen molar-refractivity contribution in [3.05, 3.63) is 0 Å². The van der Waals surface area contributed by atoms with Crippen molar-refractivity contribution in [3.63, 3.8) is 0 Å². The van der Waals surface area contributed by atoms with Crippen LogP contribution in [0.25, 0.3) is 0 Å². The second kappa shape index (κ2) is 1.84. The standard InChI is InChI=1S/C4H9BO2/c1-4-2-5(6)7-3-4/h4,6H,2-3H2,1H3/t4-/m1/s1. The molecule has 1 aliphatic heterocycles. The lowest BCUT2D eigenvalue weighted by Crippen LogP contribution is -2.07. The van der Waals surface area contributed by atoms with Crippen LogP contribution in [0.5, 0.6) is 0 Å². The molecule has 0 aliphatic carbocycles. The van der Waals surface area contributed by atoms with Crippen LogP contribution in [0.15, 0.2) is 0 Å². The molecule has 0 unspecified atom stereocenters. The molecule has 0 spiro atoms. The highest BCUT2D eigenvalue weighted by molar-refractivity contribution is 6.43. The molecule has 1 fully saturated rings. The van der Waals surface area contributed by atoms with Crippen LogP contribution in [0, 0.1) is 5.92 Å². The van der Waals surface area contributed by atoms with Crippen LogP contribution in [0.1, 0.15) is 6.92 Å². The molecule has 7 heavy (non-hydrogen) atoms. The maximum absolute atomic E-state index is 8.68. The Morgan fingerprint density at radius 1 is 1.86 bits per heavy atom. The molecule has 1 aliphatic rings. The van der Waals surface area contributed by atoms with Gasteiger partial charge in [-0.05, 0) is 12.2 Å². The third kappa shape index (κ3) is 1.18. The summed E-state index contributed by atoms with van der Waals surface area (Å²) in [7, 11) is -0.477. The van der Waals surface area contributed by atoms with E-state index in [4.69, 9.17) is 9.68 Å². The zero-order valence-corrected chi connectivity index (χ0v) is 4.42. The van der Waals surface area contributed by atoms with Crippen molar-refractivity contribution in [1.82, 2.24) is 0 Å². The second-order valence-corrected chi connectivity index (χ2v) is 2.13. The average molecular weight is 99.9 g/mol. The molecule has 1 rings (SSSR count). The van der Waals surface area contributed by atoms with Crippen molar-refractivity contribution in [2.24, 2.45) is 5.92 Å². The first-order chi connectivity index (χ1) is 3.29. The van der Waals surface area contributed by atoms with Crippen LogP contribution in [0.4, 0.5) is 0 Å². The van der Waals surface area contributed by atoms with Crippen molar-refractivity contribution < 1.29 is 9.68 Å². The third-order valence-corrected chi connectivity index (χ3v) is 1.18. The fourth-order valence-corrected chi connectivity index (χ4v) is 0.756. The molecular weight excluding hydrogens is 90.9 g/mol. The predicted octanol–water partition coefficient (Wildman–Crippen LogP) is 0.133. The van der Waals surface area contributed by atoms with Gasteiger partial charge in [-0.2, -0.15) is 0 Å². The minimum atomic E-state index is -0.477. The second-order valence-electron chi connectivity index (χ2n) is 2.13. The largest absolute Gasteiger partial charge is 0.454 e. The minimum Gasteiger partial charge on any atom is -0.427 e. The zero-order chi connectivity index (χ0) is 5.28. The van der Waals surface area contributed by atoms with E-state index in [1.165, 1.54) is 0 Å². The summed E-state index contributed by atoms with van der Waals surface area (Å²) in [6.07, 6.45) is 0.806. The molecule has 1 atom stereocenters.